The standard InChI is InChI=1S/C37H36N2O8/c1-44-26-9-7-23(8-10-26)31(40)13-14-35(42)39-17-15-24-20-34-33(45-2)22-29(24)36(39)25-5-3-6-27(19-25)46-18-4-16-38-37(43)30-21-28(47-34)11-12-32(30)41/h3,5-12,19-22,36,41H,4,13-18H2,1-2H3,(H,38,43). The lowest BCUT2D eigenvalue weighted by Crippen LogP contribution is -2.40. The average molecular weight is 637 g/mol. The first-order chi connectivity index (χ1) is 22.8. The molecule has 0 spiro atoms. The molecule has 8 bridgehead atoms. The smallest absolute Gasteiger partial charge is 0.255 e. The summed E-state index contributed by atoms with van der Waals surface area (Å²) in [5, 5.41) is 13.2. The van der Waals surface area contributed by atoms with Crippen molar-refractivity contribution in [3.63, 3.8) is 0 Å². The third-order valence-electron chi connectivity index (χ3n) is 8.44. The molecule has 1 atom stereocenters. The van der Waals surface area contributed by atoms with Gasteiger partial charge in [-0.15, -0.1) is 0 Å². The van der Waals surface area contributed by atoms with Gasteiger partial charge in [-0.3, -0.25) is 14.4 Å². The number of fused-ring (bicyclic) bond motifs is 6. The van der Waals surface area contributed by atoms with Crippen LogP contribution in [0, 0.1) is 0 Å². The molecule has 10 heteroatoms. The van der Waals surface area contributed by atoms with E-state index in [-0.39, 0.29) is 35.8 Å². The quantitative estimate of drug-likeness (QED) is 0.253. The zero-order chi connectivity index (χ0) is 32.9. The van der Waals surface area contributed by atoms with Crippen LogP contribution in [0.1, 0.15) is 62.7 Å². The van der Waals surface area contributed by atoms with Gasteiger partial charge in [0, 0.05) is 31.5 Å². The Hall–Kier alpha value is -5.51. The van der Waals surface area contributed by atoms with E-state index in [1.807, 2.05) is 41.3 Å². The predicted octanol–water partition coefficient (Wildman–Crippen LogP) is 5.85. The molecule has 0 radical (unpaired) electrons. The number of rotatable bonds is 6. The van der Waals surface area contributed by atoms with Crippen molar-refractivity contribution in [2.24, 2.45) is 0 Å². The van der Waals surface area contributed by atoms with Crippen molar-refractivity contribution in [3.8, 4) is 34.5 Å². The highest BCUT2D eigenvalue weighted by molar-refractivity contribution is 5.98. The van der Waals surface area contributed by atoms with Crippen LogP contribution in [-0.2, 0) is 11.2 Å². The van der Waals surface area contributed by atoms with Gasteiger partial charge in [0.15, 0.2) is 17.3 Å². The van der Waals surface area contributed by atoms with Crippen LogP contribution >= 0.6 is 0 Å². The summed E-state index contributed by atoms with van der Waals surface area (Å²) in [6, 6.07) is 22.3. The molecule has 0 saturated heterocycles. The molecule has 3 aliphatic rings. The maximum Gasteiger partial charge on any atom is 0.255 e. The molecule has 3 heterocycles. The molecule has 0 fully saturated rings. The van der Waals surface area contributed by atoms with Crippen LogP contribution in [-0.4, -0.2) is 61.5 Å². The molecule has 0 aromatic heterocycles. The van der Waals surface area contributed by atoms with Gasteiger partial charge in [0.1, 0.15) is 23.0 Å². The van der Waals surface area contributed by atoms with E-state index < -0.39 is 11.9 Å². The summed E-state index contributed by atoms with van der Waals surface area (Å²) in [5.74, 6) is 1.68. The zero-order valence-corrected chi connectivity index (χ0v) is 26.3. The Bertz CT molecular complexity index is 1800. The number of ketones is 1. The van der Waals surface area contributed by atoms with Gasteiger partial charge in [-0.1, -0.05) is 12.1 Å². The van der Waals surface area contributed by atoms with Crippen LogP contribution in [0.4, 0.5) is 0 Å². The van der Waals surface area contributed by atoms with Gasteiger partial charge in [0.2, 0.25) is 5.91 Å². The van der Waals surface area contributed by atoms with Crippen LogP contribution in [0.3, 0.4) is 0 Å². The Morgan fingerprint density at radius 3 is 2.57 bits per heavy atom. The molecular weight excluding hydrogens is 600 g/mol. The van der Waals surface area contributed by atoms with Gasteiger partial charge in [-0.25, -0.2) is 0 Å². The van der Waals surface area contributed by atoms with Crippen molar-refractivity contribution in [2.45, 2.75) is 31.7 Å². The summed E-state index contributed by atoms with van der Waals surface area (Å²) in [6.45, 7) is 1.10. The number of carbonyl (C=O) groups excluding carboxylic acids is 3. The van der Waals surface area contributed by atoms with Gasteiger partial charge >= 0.3 is 0 Å². The van der Waals surface area contributed by atoms with Crippen LogP contribution in [0.25, 0.3) is 0 Å². The molecule has 0 saturated carbocycles. The van der Waals surface area contributed by atoms with Gasteiger partial charge < -0.3 is 34.3 Å². The van der Waals surface area contributed by atoms with Crippen molar-refractivity contribution < 1.29 is 38.4 Å². The van der Waals surface area contributed by atoms with E-state index in [9.17, 15) is 19.5 Å². The van der Waals surface area contributed by atoms with Crippen molar-refractivity contribution in [1.29, 1.82) is 0 Å². The van der Waals surface area contributed by atoms with Crippen molar-refractivity contribution in [1.82, 2.24) is 10.2 Å². The Kier molecular flexibility index (Phi) is 9.28. The number of nitrogens with one attached hydrogen (secondary N) is 1. The number of phenols is 1. The summed E-state index contributed by atoms with van der Waals surface area (Å²) in [4.78, 5) is 41.5. The van der Waals surface area contributed by atoms with Crippen LogP contribution in [0.5, 0.6) is 34.5 Å². The number of hydrogen-bond donors (Lipinski definition) is 2. The molecule has 2 N–H and O–H groups in total. The van der Waals surface area contributed by atoms with E-state index in [1.165, 1.54) is 19.2 Å². The lowest BCUT2D eigenvalue weighted by Gasteiger charge is -2.38. The highest BCUT2D eigenvalue weighted by atomic mass is 16.5. The largest absolute Gasteiger partial charge is 0.507 e. The number of Topliss-reactive ketones (excluding diaryl/α,β-unsaturated/α-hetero) is 1. The number of amides is 2. The Morgan fingerprint density at radius 1 is 0.957 bits per heavy atom. The summed E-state index contributed by atoms with van der Waals surface area (Å²) < 4.78 is 23.2. The molecule has 10 nitrogen and oxygen atoms in total. The minimum Gasteiger partial charge on any atom is -0.507 e. The Labute approximate surface area is 272 Å². The SMILES string of the molecule is COc1ccc(C(=O)CCC(=O)N2CCc3cc4c(OC)cc3C2c2cccc(c2)OCCCNC(=O)c2cc(ccc2O)O4)cc1. The number of phenolic OH excluding ortho intramolecular Hbond substituents is 1. The van der Waals surface area contributed by atoms with Crippen LogP contribution < -0.4 is 24.3 Å². The minimum atomic E-state index is -0.465. The summed E-state index contributed by atoms with van der Waals surface area (Å²) in [5.41, 5.74) is 3.31. The molecule has 7 rings (SSSR count). The first kappa shape index (κ1) is 31.5. The molecule has 4 aromatic rings. The second kappa shape index (κ2) is 13.9. The predicted molar refractivity (Wildman–Crippen MR) is 174 cm³/mol. The highest BCUT2D eigenvalue weighted by Gasteiger charge is 2.34. The van der Waals surface area contributed by atoms with E-state index in [0.29, 0.717) is 66.8 Å². The number of ether oxygens (including phenoxy) is 4. The summed E-state index contributed by atoms with van der Waals surface area (Å²) in [7, 11) is 3.11. The zero-order valence-electron chi connectivity index (χ0n) is 26.3. The van der Waals surface area contributed by atoms with Gasteiger partial charge in [-0.05, 0) is 96.3 Å². The fraction of sp³-hybridized carbons (Fsp3) is 0.270. The Morgan fingerprint density at radius 2 is 1.79 bits per heavy atom. The maximum absolute atomic E-state index is 13.9. The van der Waals surface area contributed by atoms with Crippen molar-refractivity contribution in [2.75, 3.05) is 33.9 Å². The van der Waals surface area contributed by atoms with Crippen LogP contribution in [0.15, 0.2) is 78.9 Å². The maximum atomic E-state index is 13.9. The van der Waals surface area contributed by atoms with E-state index in [1.54, 1.807) is 37.4 Å². The molecule has 0 aliphatic carbocycles. The highest BCUT2D eigenvalue weighted by Crippen LogP contribution is 2.43. The Balaban J connectivity index is 1.35. The van der Waals surface area contributed by atoms with E-state index >= 15 is 0 Å². The molecule has 47 heavy (non-hydrogen) atoms. The number of benzene rings is 4. The fourth-order valence-electron chi connectivity index (χ4n) is 6.00. The topological polar surface area (TPSA) is 124 Å². The first-order valence-electron chi connectivity index (χ1n) is 15.5. The molecule has 2 amide bonds. The first-order valence-corrected chi connectivity index (χ1v) is 15.5. The summed E-state index contributed by atoms with van der Waals surface area (Å²) in [6.07, 6.45) is 1.21. The van der Waals surface area contributed by atoms with Gasteiger partial charge in [0.25, 0.3) is 5.91 Å². The summed E-state index contributed by atoms with van der Waals surface area (Å²) >= 11 is 0. The van der Waals surface area contributed by atoms with Crippen molar-refractivity contribution >= 4 is 17.6 Å². The lowest BCUT2D eigenvalue weighted by molar-refractivity contribution is -0.133. The molecule has 242 valence electrons. The second-order valence-electron chi connectivity index (χ2n) is 11.4. The monoisotopic (exact) mass is 636 g/mol. The average Bonchev–Trinajstić information content (AvgIpc) is 3.10. The normalized spacial score (nSPS) is 15.7. The number of aromatic hydroxyl groups is 1. The van der Waals surface area contributed by atoms with E-state index in [2.05, 4.69) is 5.32 Å². The molecular formula is C37H36N2O8. The van der Waals surface area contributed by atoms with E-state index in [4.69, 9.17) is 18.9 Å². The molecule has 4 aromatic carbocycles. The number of methoxy groups -OCH3 is 2. The third kappa shape index (κ3) is 6.86. The molecule has 3 aliphatic heterocycles. The molecule has 1 unspecified atom stereocenters. The number of hydrogen-bond acceptors (Lipinski definition) is 8. The third-order valence-corrected chi connectivity index (χ3v) is 8.44. The number of nitrogens with zero attached hydrogens (tertiary/aromatic N) is 1. The van der Waals surface area contributed by atoms with Gasteiger partial charge in [-0.2, -0.15) is 0 Å². The van der Waals surface area contributed by atoms with Gasteiger partial charge in [0.05, 0.1) is 32.4 Å². The van der Waals surface area contributed by atoms with Crippen LogP contribution in [0.2, 0.25) is 0 Å². The second-order valence-corrected chi connectivity index (χ2v) is 11.4. The minimum absolute atomic E-state index is 0.0557. The van der Waals surface area contributed by atoms with E-state index in [0.717, 1.165) is 16.7 Å². The fourth-order valence-corrected chi connectivity index (χ4v) is 6.00. The number of carbonyl (C=O) groups is 3. The van der Waals surface area contributed by atoms with Crippen molar-refractivity contribution in [3.05, 3.63) is 107 Å². The lowest BCUT2D eigenvalue weighted by atomic mass is 9.87.